The lowest BCUT2D eigenvalue weighted by Crippen LogP contribution is -2.12. The summed E-state index contributed by atoms with van der Waals surface area (Å²) < 4.78 is 0. The molecule has 0 fully saturated rings. The Kier molecular flexibility index (Phi) is 2.44. The smallest absolute Gasteiger partial charge is 0.328 e. The third kappa shape index (κ3) is 3.28. The van der Waals surface area contributed by atoms with Crippen LogP contribution in [0.4, 0.5) is 0 Å². The summed E-state index contributed by atoms with van der Waals surface area (Å²) >= 11 is 0. The molecule has 0 aliphatic heterocycles. The van der Waals surface area contributed by atoms with E-state index in [0.717, 1.165) is 6.08 Å². The maximum atomic E-state index is 10.1. The zero-order chi connectivity index (χ0) is 7.44. The van der Waals surface area contributed by atoms with Crippen molar-refractivity contribution in [3.8, 4) is 0 Å². The van der Waals surface area contributed by atoms with E-state index in [4.69, 9.17) is 10.8 Å². The van der Waals surface area contributed by atoms with E-state index in [9.17, 15) is 9.59 Å². The lowest BCUT2D eigenvalue weighted by molar-refractivity contribution is -0.131. The zero-order valence-corrected chi connectivity index (χ0v) is 4.92. The predicted molar refractivity (Wildman–Crippen MR) is 30.6 cm³/mol. The molecule has 0 saturated heterocycles. The average molecular weight is 129 g/mol. The molecule has 0 aromatic carbocycles. The van der Waals surface area contributed by atoms with Crippen molar-refractivity contribution in [3.63, 3.8) is 0 Å². The van der Waals surface area contributed by atoms with Crippen LogP contribution in [0.25, 0.3) is 0 Å². The third-order valence-electron chi connectivity index (χ3n) is 0.729. The highest BCUT2D eigenvalue weighted by molar-refractivity contribution is 5.97. The van der Waals surface area contributed by atoms with Crippen molar-refractivity contribution in [3.05, 3.63) is 11.6 Å². The van der Waals surface area contributed by atoms with E-state index in [-0.39, 0.29) is 5.57 Å². The Bertz CT molecular complexity index is 171. The summed E-state index contributed by atoms with van der Waals surface area (Å²) in [6.45, 7) is 1.34. The molecule has 4 nitrogen and oxygen atoms in total. The topological polar surface area (TPSA) is 80.4 Å². The Morgan fingerprint density at radius 3 is 2.11 bits per heavy atom. The lowest BCUT2D eigenvalue weighted by Gasteiger charge is -1.87. The number of carbonyl (C=O) groups excluding carboxylic acids is 1. The van der Waals surface area contributed by atoms with Crippen LogP contribution in [-0.4, -0.2) is 17.0 Å². The fourth-order valence-corrected chi connectivity index (χ4v) is 0.256. The van der Waals surface area contributed by atoms with Crippen LogP contribution in [0.15, 0.2) is 11.6 Å². The molecule has 0 aliphatic carbocycles. The van der Waals surface area contributed by atoms with Gasteiger partial charge in [-0.05, 0) is 6.92 Å². The molecule has 9 heavy (non-hydrogen) atoms. The van der Waals surface area contributed by atoms with Crippen LogP contribution in [0.3, 0.4) is 0 Å². The van der Waals surface area contributed by atoms with Gasteiger partial charge in [-0.1, -0.05) is 0 Å². The van der Waals surface area contributed by atoms with Crippen LogP contribution >= 0.6 is 0 Å². The van der Waals surface area contributed by atoms with E-state index >= 15 is 0 Å². The highest BCUT2D eigenvalue weighted by atomic mass is 16.4. The Labute approximate surface area is 52.0 Å². The van der Waals surface area contributed by atoms with Crippen molar-refractivity contribution in [2.45, 2.75) is 6.92 Å². The van der Waals surface area contributed by atoms with Crippen molar-refractivity contribution in [2.24, 2.45) is 5.73 Å². The maximum absolute atomic E-state index is 10.1. The van der Waals surface area contributed by atoms with Gasteiger partial charge in [-0.3, -0.25) is 4.79 Å². The van der Waals surface area contributed by atoms with Crippen molar-refractivity contribution in [1.29, 1.82) is 0 Å². The number of amides is 1. The summed E-state index contributed by atoms with van der Waals surface area (Å²) in [5.41, 5.74) is 4.76. The molecule has 4 heteroatoms. The molecular weight excluding hydrogens is 122 g/mol. The summed E-state index contributed by atoms with van der Waals surface area (Å²) in [4.78, 5) is 20.0. The third-order valence-corrected chi connectivity index (χ3v) is 0.729. The number of carboxylic acids is 1. The monoisotopic (exact) mass is 129 g/mol. The van der Waals surface area contributed by atoms with Gasteiger partial charge in [-0.25, -0.2) is 4.79 Å². The summed E-state index contributed by atoms with van der Waals surface area (Å²) in [5, 5.41) is 8.05. The van der Waals surface area contributed by atoms with Crippen LogP contribution in [-0.2, 0) is 9.59 Å². The Morgan fingerprint density at radius 2 is 2.00 bits per heavy atom. The molecular formula is C5H7NO3. The summed E-state index contributed by atoms with van der Waals surface area (Å²) in [6, 6.07) is 0. The zero-order valence-electron chi connectivity index (χ0n) is 4.92. The van der Waals surface area contributed by atoms with E-state index in [1.54, 1.807) is 0 Å². The molecule has 3 N–H and O–H groups in total. The molecule has 0 rings (SSSR count). The quantitative estimate of drug-likeness (QED) is 0.493. The highest BCUT2D eigenvalue weighted by Crippen LogP contribution is 1.87. The molecule has 0 atom stereocenters. The van der Waals surface area contributed by atoms with Gasteiger partial charge >= 0.3 is 5.97 Å². The van der Waals surface area contributed by atoms with Crippen molar-refractivity contribution < 1.29 is 14.7 Å². The first-order chi connectivity index (χ1) is 4.04. The molecule has 0 unspecified atom stereocenters. The highest BCUT2D eigenvalue weighted by Gasteiger charge is 1.98. The van der Waals surface area contributed by atoms with E-state index in [2.05, 4.69) is 0 Å². The number of rotatable bonds is 2. The Hall–Kier alpha value is -1.32. The van der Waals surface area contributed by atoms with Crippen LogP contribution in [0.1, 0.15) is 6.92 Å². The second kappa shape index (κ2) is 2.86. The summed E-state index contributed by atoms with van der Waals surface area (Å²) in [7, 11) is 0. The molecule has 0 heterocycles. The van der Waals surface area contributed by atoms with Gasteiger partial charge in [-0.15, -0.1) is 0 Å². The van der Waals surface area contributed by atoms with E-state index in [1.807, 2.05) is 0 Å². The van der Waals surface area contributed by atoms with Crippen LogP contribution in [0.5, 0.6) is 0 Å². The fourth-order valence-electron chi connectivity index (χ4n) is 0.256. The Balaban J connectivity index is 4.17. The first-order valence-electron chi connectivity index (χ1n) is 2.25. The van der Waals surface area contributed by atoms with Gasteiger partial charge in [0.05, 0.1) is 0 Å². The lowest BCUT2D eigenvalue weighted by atomic mass is 10.3. The normalized spacial score (nSPS) is 11.0. The molecule has 0 radical (unpaired) electrons. The van der Waals surface area contributed by atoms with Gasteiger partial charge < -0.3 is 10.8 Å². The minimum atomic E-state index is -1.16. The van der Waals surface area contributed by atoms with Gasteiger partial charge in [-0.2, -0.15) is 0 Å². The van der Waals surface area contributed by atoms with Gasteiger partial charge in [0.15, 0.2) is 0 Å². The van der Waals surface area contributed by atoms with Gasteiger partial charge in [0.2, 0.25) is 5.91 Å². The van der Waals surface area contributed by atoms with Crippen LogP contribution < -0.4 is 5.73 Å². The SMILES string of the molecule is CC(=CC(=O)O)C(N)=O. The largest absolute Gasteiger partial charge is 0.478 e. The molecule has 50 valence electrons. The van der Waals surface area contributed by atoms with E-state index in [1.165, 1.54) is 6.92 Å². The van der Waals surface area contributed by atoms with Crippen LogP contribution in [0.2, 0.25) is 0 Å². The minimum absolute atomic E-state index is 0.0440. The average Bonchev–Trinajstić information content (AvgIpc) is 1.63. The molecule has 1 amide bonds. The van der Waals surface area contributed by atoms with Gasteiger partial charge in [0, 0.05) is 11.6 Å². The molecule has 0 aromatic rings. The first-order valence-corrected chi connectivity index (χ1v) is 2.25. The fraction of sp³-hybridized carbons (Fsp3) is 0.200. The van der Waals surface area contributed by atoms with Crippen molar-refractivity contribution in [2.75, 3.05) is 0 Å². The number of hydrogen-bond acceptors (Lipinski definition) is 2. The number of aliphatic carboxylic acids is 1. The molecule has 0 aliphatic rings. The van der Waals surface area contributed by atoms with Crippen LogP contribution in [0, 0.1) is 0 Å². The number of hydrogen-bond donors (Lipinski definition) is 2. The second-order valence-corrected chi connectivity index (χ2v) is 1.53. The number of nitrogens with two attached hydrogens (primary N) is 1. The van der Waals surface area contributed by atoms with Gasteiger partial charge in [0.25, 0.3) is 0 Å². The number of carbonyl (C=O) groups is 2. The number of primary amides is 1. The minimum Gasteiger partial charge on any atom is -0.478 e. The van der Waals surface area contributed by atoms with Crippen molar-refractivity contribution >= 4 is 11.9 Å². The second-order valence-electron chi connectivity index (χ2n) is 1.53. The predicted octanol–water partition coefficient (Wildman–Crippen LogP) is -0.497. The molecule has 0 saturated carbocycles. The first kappa shape index (κ1) is 7.68. The summed E-state index contributed by atoms with van der Waals surface area (Å²) in [6.07, 6.45) is 0.766. The number of carboxylic acid groups (broad SMARTS) is 1. The van der Waals surface area contributed by atoms with E-state index in [0.29, 0.717) is 0 Å². The standard InChI is InChI=1S/C5H7NO3/c1-3(5(6)9)2-4(7)8/h2H,1H3,(H2,6,9)(H,7,8). The molecule has 0 aromatic heterocycles. The Morgan fingerprint density at radius 1 is 1.56 bits per heavy atom. The summed E-state index contributed by atoms with van der Waals surface area (Å²) in [5.74, 6) is -1.87. The van der Waals surface area contributed by atoms with E-state index < -0.39 is 11.9 Å². The molecule has 0 bridgehead atoms. The molecule has 0 spiro atoms. The van der Waals surface area contributed by atoms with Gasteiger partial charge in [0.1, 0.15) is 0 Å². The maximum Gasteiger partial charge on any atom is 0.328 e. The van der Waals surface area contributed by atoms with Crippen molar-refractivity contribution in [1.82, 2.24) is 0 Å².